The zero-order valence-electron chi connectivity index (χ0n) is 10.6. The van der Waals surface area contributed by atoms with Crippen molar-refractivity contribution in [3.05, 3.63) is 0 Å². The molecule has 1 unspecified atom stereocenters. The summed E-state index contributed by atoms with van der Waals surface area (Å²) >= 11 is 3.46. The first-order valence-corrected chi connectivity index (χ1v) is 8.49. The first-order valence-electron chi connectivity index (χ1n) is 5.64. The molecule has 0 aliphatic carbocycles. The number of amides is 1. The summed E-state index contributed by atoms with van der Waals surface area (Å²) < 4.78 is 16.0. The van der Waals surface area contributed by atoms with E-state index >= 15 is 0 Å². The van der Waals surface area contributed by atoms with Crippen LogP contribution in [0.3, 0.4) is 0 Å². The van der Waals surface area contributed by atoms with Crippen LogP contribution in [0.4, 0.5) is 0 Å². The average Bonchev–Trinajstić information content (AvgIpc) is 2.64. The molecule has 1 amide bonds. The van der Waals surface area contributed by atoms with Crippen molar-refractivity contribution >= 4 is 30.6 Å². The van der Waals surface area contributed by atoms with Crippen LogP contribution in [0.5, 0.6) is 0 Å². The summed E-state index contributed by atoms with van der Waals surface area (Å²) in [6.07, 6.45) is 1.44. The second-order valence-electron chi connectivity index (χ2n) is 4.04. The number of halogens is 1. The van der Waals surface area contributed by atoms with Gasteiger partial charge in [0.1, 0.15) is 0 Å². The van der Waals surface area contributed by atoms with E-state index < -0.39 is 8.80 Å². The third-order valence-corrected chi connectivity index (χ3v) is 6.46. The normalized spacial score (nSPS) is 21.3. The van der Waals surface area contributed by atoms with Crippen LogP contribution in [0, 0.1) is 0 Å². The SMILES string of the molecule is CO[Si](CCCN1CC(Br)CC1=O)(OC)OC. The van der Waals surface area contributed by atoms with Gasteiger partial charge in [0, 0.05) is 51.7 Å². The zero-order valence-corrected chi connectivity index (χ0v) is 13.2. The lowest BCUT2D eigenvalue weighted by molar-refractivity contribution is -0.127. The lowest BCUT2D eigenvalue weighted by Crippen LogP contribution is -2.43. The number of carbonyl (C=O) groups is 1. The monoisotopic (exact) mass is 325 g/mol. The lowest BCUT2D eigenvalue weighted by Gasteiger charge is -2.25. The maximum absolute atomic E-state index is 11.6. The number of carbonyl (C=O) groups excluding carboxylic acids is 1. The second-order valence-corrected chi connectivity index (χ2v) is 8.43. The van der Waals surface area contributed by atoms with Crippen LogP contribution in [0.1, 0.15) is 12.8 Å². The molecule has 0 spiro atoms. The van der Waals surface area contributed by atoms with Gasteiger partial charge in [0.2, 0.25) is 5.91 Å². The van der Waals surface area contributed by atoms with Gasteiger partial charge in [0.25, 0.3) is 0 Å². The predicted molar refractivity (Wildman–Crippen MR) is 70.1 cm³/mol. The molecule has 0 saturated carbocycles. The number of hydrogen-bond donors (Lipinski definition) is 0. The van der Waals surface area contributed by atoms with Crippen LogP contribution in [0.25, 0.3) is 0 Å². The maximum atomic E-state index is 11.6. The van der Waals surface area contributed by atoms with E-state index in [0.29, 0.717) is 11.2 Å². The van der Waals surface area contributed by atoms with E-state index in [-0.39, 0.29) is 5.91 Å². The van der Waals surface area contributed by atoms with Gasteiger partial charge in [-0.2, -0.15) is 0 Å². The lowest BCUT2D eigenvalue weighted by atomic mass is 10.4. The number of likely N-dealkylation sites (tertiary alicyclic amines) is 1. The highest BCUT2D eigenvalue weighted by Gasteiger charge is 2.37. The van der Waals surface area contributed by atoms with Crippen LogP contribution < -0.4 is 0 Å². The Morgan fingerprint density at radius 2 is 1.94 bits per heavy atom. The summed E-state index contributed by atoms with van der Waals surface area (Å²) in [7, 11) is 2.34. The molecule has 1 fully saturated rings. The van der Waals surface area contributed by atoms with Crippen LogP contribution >= 0.6 is 15.9 Å². The van der Waals surface area contributed by atoms with Crippen molar-refractivity contribution < 1.29 is 18.1 Å². The molecule has 0 N–H and O–H groups in total. The summed E-state index contributed by atoms with van der Waals surface area (Å²) in [6, 6.07) is 0.729. The second kappa shape index (κ2) is 6.84. The van der Waals surface area contributed by atoms with Gasteiger partial charge in [-0.3, -0.25) is 4.79 Å². The molecule has 0 aromatic heterocycles. The van der Waals surface area contributed by atoms with Crippen molar-refractivity contribution in [1.82, 2.24) is 4.90 Å². The Morgan fingerprint density at radius 3 is 2.35 bits per heavy atom. The minimum atomic E-state index is -2.48. The Labute approximate surface area is 112 Å². The van der Waals surface area contributed by atoms with Gasteiger partial charge in [-0.15, -0.1) is 0 Å². The highest BCUT2D eigenvalue weighted by Crippen LogP contribution is 2.20. The zero-order chi connectivity index (χ0) is 12.9. The fraction of sp³-hybridized carbons (Fsp3) is 0.900. The molecule has 0 aromatic rings. The smallest absolute Gasteiger partial charge is 0.377 e. The molecule has 0 aromatic carbocycles. The Kier molecular flexibility index (Phi) is 6.08. The molecule has 100 valence electrons. The molecular weight excluding hydrogens is 306 g/mol. The van der Waals surface area contributed by atoms with Crippen molar-refractivity contribution in [1.29, 1.82) is 0 Å². The largest absolute Gasteiger partial charge is 0.500 e. The van der Waals surface area contributed by atoms with Gasteiger partial charge in [0.05, 0.1) is 0 Å². The molecule has 17 heavy (non-hydrogen) atoms. The molecule has 0 bridgehead atoms. The quantitative estimate of drug-likeness (QED) is 0.522. The predicted octanol–water partition coefficient (Wildman–Crippen LogP) is 1.25. The summed E-state index contributed by atoms with van der Waals surface area (Å²) in [6.45, 7) is 1.53. The summed E-state index contributed by atoms with van der Waals surface area (Å²) in [5.41, 5.74) is 0. The topological polar surface area (TPSA) is 48.0 Å². The number of rotatable bonds is 7. The summed E-state index contributed by atoms with van der Waals surface area (Å²) in [5, 5.41) is 0. The van der Waals surface area contributed by atoms with Gasteiger partial charge in [0.15, 0.2) is 0 Å². The third-order valence-electron chi connectivity index (χ3n) is 3.01. The van der Waals surface area contributed by atoms with Gasteiger partial charge in [-0.05, 0) is 6.42 Å². The van der Waals surface area contributed by atoms with E-state index in [1.807, 2.05) is 4.90 Å². The van der Waals surface area contributed by atoms with Crippen LogP contribution in [-0.4, -0.2) is 58.9 Å². The molecule has 1 atom stereocenters. The van der Waals surface area contributed by atoms with Crippen LogP contribution in [-0.2, 0) is 18.1 Å². The van der Waals surface area contributed by atoms with Crippen LogP contribution in [0.15, 0.2) is 0 Å². The van der Waals surface area contributed by atoms with Gasteiger partial charge in [-0.1, -0.05) is 15.9 Å². The summed E-state index contributed by atoms with van der Waals surface area (Å²) in [4.78, 5) is 13.7. The fourth-order valence-corrected chi connectivity index (χ4v) is 4.31. The highest BCUT2D eigenvalue weighted by atomic mass is 79.9. The van der Waals surface area contributed by atoms with Crippen LogP contribution in [0.2, 0.25) is 6.04 Å². The first-order chi connectivity index (χ1) is 8.06. The van der Waals surface area contributed by atoms with Crippen molar-refractivity contribution in [2.45, 2.75) is 23.7 Å². The average molecular weight is 326 g/mol. The summed E-state index contributed by atoms with van der Waals surface area (Å²) in [5.74, 6) is 0.214. The third kappa shape index (κ3) is 4.03. The molecule has 7 heteroatoms. The van der Waals surface area contributed by atoms with Crippen molar-refractivity contribution in [3.63, 3.8) is 0 Å². The fourth-order valence-electron chi connectivity index (χ4n) is 1.98. The molecule has 0 radical (unpaired) electrons. The van der Waals surface area contributed by atoms with Gasteiger partial charge in [-0.25, -0.2) is 0 Å². The highest BCUT2D eigenvalue weighted by molar-refractivity contribution is 9.09. The first kappa shape index (κ1) is 15.1. The molecule has 5 nitrogen and oxygen atoms in total. The molecular formula is C10H20BrNO4Si. The maximum Gasteiger partial charge on any atom is 0.500 e. The molecule has 1 aliphatic rings. The standard InChI is InChI=1S/C10H20BrNO4Si/c1-14-17(15-2,16-3)6-4-5-12-8-9(11)7-10(12)13/h9H,4-8H2,1-3H3. The van der Waals surface area contributed by atoms with Gasteiger partial charge >= 0.3 is 8.80 Å². The van der Waals surface area contributed by atoms with Crippen molar-refractivity contribution in [2.24, 2.45) is 0 Å². The Balaban J connectivity index is 2.34. The Morgan fingerprint density at radius 1 is 1.35 bits per heavy atom. The minimum absolute atomic E-state index is 0.214. The van der Waals surface area contributed by atoms with Crippen molar-refractivity contribution in [2.75, 3.05) is 34.4 Å². The van der Waals surface area contributed by atoms with E-state index in [2.05, 4.69) is 15.9 Å². The minimum Gasteiger partial charge on any atom is -0.377 e. The molecule has 1 saturated heterocycles. The molecule has 1 aliphatic heterocycles. The van der Waals surface area contributed by atoms with E-state index in [0.717, 1.165) is 25.6 Å². The number of nitrogens with zero attached hydrogens (tertiary/aromatic N) is 1. The van der Waals surface area contributed by atoms with E-state index in [4.69, 9.17) is 13.3 Å². The van der Waals surface area contributed by atoms with E-state index in [9.17, 15) is 4.79 Å². The van der Waals surface area contributed by atoms with E-state index in [1.54, 1.807) is 21.3 Å². The van der Waals surface area contributed by atoms with Gasteiger partial charge < -0.3 is 18.2 Å². The van der Waals surface area contributed by atoms with Crippen molar-refractivity contribution in [3.8, 4) is 0 Å². The molecule has 1 rings (SSSR count). The Bertz CT molecular complexity index is 254. The number of alkyl halides is 1. The van der Waals surface area contributed by atoms with E-state index in [1.165, 1.54) is 0 Å². The Hall–Kier alpha value is 0.0469. The molecule has 1 heterocycles. The number of hydrogen-bond acceptors (Lipinski definition) is 4.